The van der Waals surface area contributed by atoms with Crippen LogP contribution in [0.3, 0.4) is 0 Å². The number of phenolic OH excluding ortho intramolecular Hbond substituents is 3. The van der Waals surface area contributed by atoms with Gasteiger partial charge < -0.3 is 24.8 Å². The van der Waals surface area contributed by atoms with Crippen LogP contribution < -0.4 is 4.90 Å². The molecule has 0 radical (unpaired) electrons. The average Bonchev–Trinajstić information content (AvgIpc) is 3.64. The van der Waals surface area contributed by atoms with Crippen LogP contribution in [-0.2, 0) is 0 Å². The van der Waals surface area contributed by atoms with Gasteiger partial charge in [0.15, 0.2) is 11.5 Å². The fourth-order valence-electron chi connectivity index (χ4n) is 8.29. The molecule has 5 heteroatoms. The van der Waals surface area contributed by atoms with E-state index < -0.39 is 5.75 Å². The second kappa shape index (κ2) is 14.8. The Morgan fingerprint density at radius 2 is 0.780 bits per heavy atom. The summed E-state index contributed by atoms with van der Waals surface area (Å²) in [5.41, 5.74) is 12.0. The number of rotatable bonds is 8. The van der Waals surface area contributed by atoms with Crippen molar-refractivity contribution in [3.8, 4) is 67.4 Å². The van der Waals surface area contributed by atoms with Gasteiger partial charge in [-0.1, -0.05) is 164 Å². The van der Waals surface area contributed by atoms with Gasteiger partial charge in [-0.15, -0.1) is 0 Å². The first-order chi connectivity index (χ1) is 29.0. The van der Waals surface area contributed by atoms with Crippen LogP contribution in [0.1, 0.15) is 0 Å². The van der Waals surface area contributed by atoms with Crippen LogP contribution in [0.2, 0.25) is 0 Å². The second-order valence-electron chi connectivity index (χ2n) is 14.6. The van der Waals surface area contributed by atoms with Gasteiger partial charge in [0.25, 0.3) is 0 Å². The third-order valence-electron chi connectivity index (χ3n) is 11.1. The fourth-order valence-corrected chi connectivity index (χ4v) is 8.29. The molecule has 1 heterocycles. The largest absolute Gasteiger partial charge is 0.507 e. The van der Waals surface area contributed by atoms with E-state index in [9.17, 15) is 15.3 Å². The summed E-state index contributed by atoms with van der Waals surface area (Å²) in [4.78, 5) is 1.86. The minimum atomic E-state index is -0.407. The monoisotopic (exact) mass is 762 g/mol. The van der Waals surface area contributed by atoms with Crippen molar-refractivity contribution in [1.29, 1.82) is 0 Å². The number of phenols is 3. The standard InChI is InChI=1S/C54H38N2O3/c57-51-35-50(53(58)54(59)52(51)41-25-23-38(24-26-41)36-13-3-1-4-14-36)55(42-31-27-39(28-32-42)37-15-5-2-6-16-37)43-33-29-40(30-34-43)44-17-7-10-20-47(44)56-48-21-11-8-18-45(48)46-19-9-12-22-49(46)56/h1-35,57-59H. The second-order valence-corrected chi connectivity index (χ2v) is 14.6. The van der Waals surface area contributed by atoms with E-state index >= 15 is 0 Å². The van der Waals surface area contributed by atoms with Crippen molar-refractivity contribution in [2.24, 2.45) is 0 Å². The first kappa shape index (κ1) is 35.4. The Morgan fingerprint density at radius 3 is 1.34 bits per heavy atom. The van der Waals surface area contributed by atoms with Gasteiger partial charge in [0, 0.05) is 33.8 Å². The highest BCUT2D eigenvalue weighted by Crippen LogP contribution is 2.52. The molecule has 0 saturated heterocycles. The summed E-state index contributed by atoms with van der Waals surface area (Å²) < 4.78 is 2.33. The number of aromatic hydroxyl groups is 3. The van der Waals surface area contributed by atoms with Crippen molar-refractivity contribution >= 4 is 38.9 Å². The number of hydrogen-bond donors (Lipinski definition) is 3. The number of benzene rings is 9. The Bertz CT molecular complexity index is 3050. The number of anilines is 3. The zero-order valence-electron chi connectivity index (χ0n) is 31.9. The van der Waals surface area contributed by atoms with E-state index in [1.165, 1.54) is 16.8 Å². The van der Waals surface area contributed by atoms with Gasteiger partial charge in [0.2, 0.25) is 0 Å². The summed E-state index contributed by atoms with van der Waals surface area (Å²) in [6, 6.07) is 70.9. The Kier molecular flexibility index (Phi) is 8.89. The maximum atomic E-state index is 11.9. The molecule has 9 aromatic carbocycles. The number of nitrogens with zero attached hydrogens (tertiary/aromatic N) is 2. The van der Waals surface area contributed by atoms with E-state index in [4.69, 9.17) is 0 Å². The Morgan fingerprint density at radius 1 is 0.356 bits per heavy atom. The number of aromatic nitrogens is 1. The summed E-state index contributed by atoms with van der Waals surface area (Å²) in [6.45, 7) is 0. The lowest BCUT2D eigenvalue weighted by Crippen LogP contribution is -2.10. The lowest BCUT2D eigenvalue weighted by atomic mass is 9.97. The minimum absolute atomic E-state index is 0.155. The van der Waals surface area contributed by atoms with Crippen molar-refractivity contribution < 1.29 is 15.3 Å². The van der Waals surface area contributed by atoms with Gasteiger partial charge in [-0.2, -0.15) is 0 Å². The number of fused-ring (bicyclic) bond motifs is 3. The summed E-state index contributed by atoms with van der Waals surface area (Å²) in [6.07, 6.45) is 0. The molecule has 0 aliphatic rings. The van der Waals surface area contributed by atoms with Crippen molar-refractivity contribution in [1.82, 2.24) is 4.57 Å². The number of hydrogen-bond acceptors (Lipinski definition) is 4. The van der Waals surface area contributed by atoms with Crippen LogP contribution in [0, 0.1) is 0 Å². The SMILES string of the molecule is Oc1cc(N(c2ccc(-c3ccccc3)cc2)c2ccc(-c3ccccc3-n3c4ccccc4c4ccccc43)cc2)c(O)c(O)c1-c1ccc(-c2ccccc2)cc1. The molecule has 0 atom stereocenters. The quantitative estimate of drug-likeness (QED) is 0.107. The number of para-hydroxylation sites is 3. The van der Waals surface area contributed by atoms with Crippen LogP contribution in [0.4, 0.5) is 17.1 Å². The van der Waals surface area contributed by atoms with Crippen molar-refractivity contribution in [2.45, 2.75) is 0 Å². The molecule has 5 nitrogen and oxygen atoms in total. The average molecular weight is 763 g/mol. The summed E-state index contributed by atoms with van der Waals surface area (Å²) in [7, 11) is 0. The Hall–Kier alpha value is -8.02. The highest BCUT2D eigenvalue weighted by Gasteiger charge is 2.25. The maximum Gasteiger partial charge on any atom is 0.183 e. The molecular formula is C54H38N2O3. The van der Waals surface area contributed by atoms with E-state index in [1.807, 2.05) is 114 Å². The predicted octanol–water partition coefficient (Wildman–Crippen LogP) is 14.0. The molecule has 0 fully saturated rings. The fraction of sp³-hybridized carbons (Fsp3) is 0. The van der Waals surface area contributed by atoms with Crippen molar-refractivity contribution in [3.05, 3.63) is 212 Å². The molecule has 0 aliphatic heterocycles. The molecule has 0 saturated carbocycles. The molecule has 59 heavy (non-hydrogen) atoms. The van der Waals surface area contributed by atoms with Gasteiger partial charge >= 0.3 is 0 Å². The molecule has 0 unspecified atom stereocenters. The van der Waals surface area contributed by atoms with Crippen LogP contribution in [0.5, 0.6) is 17.2 Å². The van der Waals surface area contributed by atoms with Crippen LogP contribution in [-0.4, -0.2) is 19.9 Å². The van der Waals surface area contributed by atoms with E-state index in [0.29, 0.717) is 5.56 Å². The smallest absolute Gasteiger partial charge is 0.183 e. The van der Waals surface area contributed by atoms with Gasteiger partial charge in [-0.05, 0) is 75.8 Å². The third kappa shape index (κ3) is 6.32. The van der Waals surface area contributed by atoms with Crippen LogP contribution in [0.15, 0.2) is 212 Å². The van der Waals surface area contributed by atoms with Crippen LogP contribution in [0.25, 0.3) is 72.0 Å². The summed E-state index contributed by atoms with van der Waals surface area (Å²) >= 11 is 0. The van der Waals surface area contributed by atoms with E-state index in [2.05, 4.69) is 102 Å². The van der Waals surface area contributed by atoms with Crippen molar-refractivity contribution in [3.63, 3.8) is 0 Å². The molecule has 0 spiro atoms. The highest BCUT2D eigenvalue weighted by molar-refractivity contribution is 6.09. The van der Waals surface area contributed by atoms with Crippen LogP contribution >= 0.6 is 0 Å². The molecular weight excluding hydrogens is 725 g/mol. The zero-order valence-corrected chi connectivity index (χ0v) is 31.9. The normalized spacial score (nSPS) is 11.3. The van der Waals surface area contributed by atoms with E-state index in [1.54, 1.807) is 0 Å². The lowest BCUT2D eigenvalue weighted by molar-refractivity contribution is 0.400. The van der Waals surface area contributed by atoms with E-state index in [0.717, 1.165) is 61.5 Å². The molecule has 10 rings (SSSR count). The topological polar surface area (TPSA) is 68.9 Å². The van der Waals surface area contributed by atoms with E-state index in [-0.39, 0.29) is 22.7 Å². The molecule has 0 amide bonds. The predicted molar refractivity (Wildman–Crippen MR) is 242 cm³/mol. The molecule has 0 aliphatic carbocycles. The van der Waals surface area contributed by atoms with Gasteiger partial charge in [-0.25, -0.2) is 0 Å². The summed E-state index contributed by atoms with van der Waals surface area (Å²) in [5, 5.41) is 37.6. The molecule has 3 N–H and O–H groups in total. The first-order valence-corrected chi connectivity index (χ1v) is 19.6. The molecule has 10 aromatic rings. The summed E-state index contributed by atoms with van der Waals surface area (Å²) in [5.74, 6) is -0.918. The third-order valence-corrected chi connectivity index (χ3v) is 11.1. The first-order valence-electron chi connectivity index (χ1n) is 19.6. The Labute approximate surface area is 342 Å². The van der Waals surface area contributed by atoms with Gasteiger partial charge in [0.1, 0.15) is 5.75 Å². The molecule has 0 bridgehead atoms. The Balaban J connectivity index is 1.07. The zero-order chi connectivity index (χ0) is 39.9. The molecule has 1 aromatic heterocycles. The van der Waals surface area contributed by atoms with Crippen molar-refractivity contribution in [2.75, 3.05) is 4.90 Å². The lowest BCUT2D eigenvalue weighted by Gasteiger charge is -2.28. The molecule has 282 valence electrons. The minimum Gasteiger partial charge on any atom is -0.507 e. The highest BCUT2D eigenvalue weighted by atomic mass is 16.3. The van der Waals surface area contributed by atoms with Gasteiger partial charge in [-0.3, -0.25) is 0 Å². The van der Waals surface area contributed by atoms with Gasteiger partial charge in [0.05, 0.1) is 28.0 Å². The maximum absolute atomic E-state index is 11.9.